The highest BCUT2D eigenvalue weighted by atomic mass is 32.1. The fraction of sp³-hybridized carbons (Fsp3) is 0.312. The number of nitrogens with one attached hydrogen (secondary N) is 1. The van der Waals surface area contributed by atoms with E-state index >= 15 is 0 Å². The summed E-state index contributed by atoms with van der Waals surface area (Å²) in [5.41, 5.74) is 7.92. The number of aromatic nitrogens is 1. The van der Waals surface area contributed by atoms with Crippen LogP contribution in [-0.2, 0) is 11.2 Å². The lowest BCUT2D eigenvalue weighted by atomic mass is 10.0. The molecule has 0 spiro atoms. The highest BCUT2D eigenvalue weighted by Crippen LogP contribution is 2.14. The number of amides is 1. The Labute approximate surface area is 128 Å². The molecule has 0 bridgehead atoms. The Hall–Kier alpha value is -2.01. The fourth-order valence-corrected chi connectivity index (χ4v) is 2.87. The summed E-state index contributed by atoms with van der Waals surface area (Å²) in [4.78, 5) is 16.0. The van der Waals surface area contributed by atoms with Crippen molar-refractivity contribution < 1.29 is 4.79 Å². The van der Waals surface area contributed by atoms with Crippen LogP contribution in [0.15, 0.2) is 22.6 Å². The van der Waals surface area contributed by atoms with Crippen LogP contribution in [0.25, 0.3) is 0 Å². The lowest BCUT2D eigenvalue weighted by Crippen LogP contribution is -2.20. The van der Waals surface area contributed by atoms with Crippen molar-refractivity contribution in [2.24, 2.45) is 5.10 Å². The Morgan fingerprint density at radius 1 is 1.29 bits per heavy atom. The van der Waals surface area contributed by atoms with Gasteiger partial charge in [0.15, 0.2) is 0 Å². The van der Waals surface area contributed by atoms with Crippen LogP contribution in [0.2, 0.25) is 0 Å². The maximum atomic E-state index is 11.8. The first-order chi connectivity index (χ1) is 9.95. The monoisotopic (exact) mass is 301 g/mol. The van der Waals surface area contributed by atoms with Gasteiger partial charge >= 0.3 is 0 Å². The molecule has 0 aliphatic heterocycles. The molecule has 1 aromatic heterocycles. The number of thiazole rings is 1. The molecule has 0 saturated heterocycles. The molecule has 0 aliphatic rings. The van der Waals surface area contributed by atoms with Gasteiger partial charge in [-0.05, 0) is 38.8 Å². The second-order valence-electron chi connectivity index (χ2n) is 5.14. The molecule has 1 N–H and O–H groups in total. The molecule has 0 unspecified atom stereocenters. The average Bonchev–Trinajstić information content (AvgIpc) is 2.78. The molecule has 1 heterocycles. The number of benzene rings is 1. The van der Waals surface area contributed by atoms with Crippen LogP contribution in [0.3, 0.4) is 0 Å². The second-order valence-corrected chi connectivity index (χ2v) is 6.20. The predicted octanol–water partition coefficient (Wildman–Crippen LogP) is 3.07. The van der Waals surface area contributed by atoms with E-state index < -0.39 is 0 Å². The van der Waals surface area contributed by atoms with Gasteiger partial charge in [-0.3, -0.25) is 4.79 Å². The number of aryl methyl sites for hydroxylation is 4. The summed E-state index contributed by atoms with van der Waals surface area (Å²) in [6.45, 7) is 8.08. The van der Waals surface area contributed by atoms with Gasteiger partial charge in [0, 0.05) is 10.9 Å². The summed E-state index contributed by atoms with van der Waals surface area (Å²) >= 11 is 1.54. The van der Waals surface area contributed by atoms with Gasteiger partial charge in [0.2, 0.25) is 5.91 Å². The maximum absolute atomic E-state index is 11.8. The lowest BCUT2D eigenvalue weighted by Gasteiger charge is -2.06. The smallest absolute Gasteiger partial charge is 0.246 e. The van der Waals surface area contributed by atoms with Crippen LogP contribution in [-0.4, -0.2) is 17.1 Å². The van der Waals surface area contributed by atoms with Crippen molar-refractivity contribution in [3.63, 3.8) is 0 Å². The van der Waals surface area contributed by atoms with Gasteiger partial charge in [-0.15, -0.1) is 11.3 Å². The van der Waals surface area contributed by atoms with Crippen LogP contribution in [0, 0.1) is 27.7 Å². The third kappa shape index (κ3) is 4.23. The molecule has 0 atom stereocenters. The van der Waals surface area contributed by atoms with Crippen molar-refractivity contribution >= 4 is 23.5 Å². The molecule has 1 amide bonds. The summed E-state index contributed by atoms with van der Waals surface area (Å²) in [5, 5.41) is 6.91. The Morgan fingerprint density at radius 2 is 1.95 bits per heavy atom. The summed E-state index contributed by atoms with van der Waals surface area (Å²) in [6.07, 6.45) is 1.96. The van der Waals surface area contributed by atoms with Crippen LogP contribution in [0.1, 0.15) is 33.0 Å². The Bertz CT molecular complexity index is 666. The summed E-state index contributed by atoms with van der Waals surface area (Å²) in [5.74, 6) is -0.154. The van der Waals surface area contributed by atoms with Gasteiger partial charge in [0.05, 0.1) is 23.3 Å². The van der Waals surface area contributed by atoms with Gasteiger partial charge < -0.3 is 0 Å². The number of hydrogen-bond donors (Lipinski definition) is 1. The van der Waals surface area contributed by atoms with Crippen molar-refractivity contribution in [2.45, 2.75) is 34.1 Å². The van der Waals surface area contributed by atoms with Crippen molar-refractivity contribution in [3.8, 4) is 0 Å². The van der Waals surface area contributed by atoms with E-state index in [1.54, 1.807) is 17.6 Å². The molecule has 2 rings (SSSR count). The van der Waals surface area contributed by atoms with Crippen LogP contribution >= 0.6 is 11.3 Å². The third-order valence-electron chi connectivity index (χ3n) is 3.13. The molecular formula is C16H19N3OS. The second kappa shape index (κ2) is 6.63. The average molecular weight is 301 g/mol. The van der Waals surface area contributed by atoms with Gasteiger partial charge in [0.1, 0.15) is 0 Å². The van der Waals surface area contributed by atoms with Crippen LogP contribution in [0.5, 0.6) is 0 Å². The van der Waals surface area contributed by atoms with Crippen LogP contribution in [0.4, 0.5) is 0 Å². The first-order valence-electron chi connectivity index (χ1n) is 6.76. The quantitative estimate of drug-likeness (QED) is 0.697. The van der Waals surface area contributed by atoms with Crippen molar-refractivity contribution in [1.82, 2.24) is 10.4 Å². The number of rotatable bonds is 4. The highest BCUT2D eigenvalue weighted by Gasteiger charge is 2.05. The fourth-order valence-electron chi connectivity index (χ4n) is 2.26. The summed E-state index contributed by atoms with van der Waals surface area (Å²) in [6, 6.07) is 4.21. The minimum absolute atomic E-state index is 0.154. The minimum atomic E-state index is -0.154. The number of hydrazone groups is 1. The molecule has 0 saturated carbocycles. The standard InChI is InChI=1S/C16H19N3OS/c1-10-5-11(2)15(12(3)6-10)8-17-19-16(20)7-14-9-21-13(4)18-14/h5-6,8-9H,7H2,1-4H3,(H,19,20). The number of nitrogens with zero attached hydrogens (tertiary/aromatic N) is 2. The van der Waals surface area contributed by atoms with E-state index in [1.165, 1.54) is 5.56 Å². The predicted molar refractivity (Wildman–Crippen MR) is 86.9 cm³/mol. The van der Waals surface area contributed by atoms with Gasteiger partial charge in [-0.25, -0.2) is 10.4 Å². The first kappa shape index (κ1) is 15.4. The van der Waals surface area contributed by atoms with E-state index in [4.69, 9.17) is 0 Å². The normalized spacial score (nSPS) is 11.0. The molecular weight excluding hydrogens is 282 g/mol. The van der Waals surface area contributed by atoms with E-state index in [9.17, 15) is 4.79 Å². The van der Waals surface area contributed by atoms with Gasteiger partial charge in [-0.2, -0.15) is 5.10 Å². The highest BCUT2D eigenvalue weighted by molar-refractivity contribution is 7.09. The van der Waals surface area contributed by atoms with E-state index in [1.807, 2.05) is 26.2 Å². The van der Waals surface area contributed by atoms with Gasteiger partial charge in [0.25, 0.3) is 0 Å². The zero-order valence-electron chi connectivity index (χ0n) is 12.7. The molecule has 0 fully saturated rings. The topological polar surface area (TPSA) is 54.4 Å². The Kier molecular flexibility index (Phi) is 4.85. The summed E-state index contributed by atoms with van der Waals surface area (Å²) in [7, 11) is 0. The zero-order valence-corrected chi connectivity index (χ0v) is 13.5. The number of carbonyl (C=O) groups excluding carboxylic acids is 1. The SMILES string of the molecule is Cc1cc(C)c(C=NNC(=O)Cc2csc(C)n2)c(C)c1. The molecule has 110 valence electrons. The molecule has 2 aromatic rings. The van der Waals surface area contributed by atoms with Gasteiger partial charge in [-0.1, -0.05) is 17.7 Å². The summed E-state index contributed by atoms with van der Waals surface area (Å²) < 4.78 is 0. The van der Waals surface area contributed by atoms with E-state index in [0.29, 0.717) is 0 Å². The third-order valence-corrected chi connectivity index (χ3v) is 3.95. The molecule has 1 aromatic carbocycles. The van der Waals surface area contributed by atoms with E-state index in [2.05, 4.69) is 34.6 Å². The molecule has 21 heavy (non-hydrogen) atoms. The Morgan fingerprint density at radius 3 is 2.52 bits per heavy atom. The molecule has 0 radical (unpaired) electrons. The van der Waals surface area contributed by atoms with Crippen molar-refractivity contribution in [2.75, 3.05) is 0 Å². The van der Waals surface area contributed by atoms with E-state index in [0.717, 1.165) is 27.4 Å². The largest absolute Gasteiger partial charge is 0.273 e. The Balaban J connectivity index is 1.98. The molecule has 5 heteroatoms. The van der Waals surface area contributed by atoms with Crippen molar-refractivity contribution in [1.29, 1.82) is 0 Å². The number of carbonyl (C=O) groups is 1. The maximum Gasteiger partial charge on any atom is 0.246 e. The molecule has 0 aliphatic carbocycles. The first-order valence-corrected chi connectivity index (χ1v) is 7.64. The minimum Gasteiger partial charge on any atom is -0.273 e. The number of hydrogen-bond acceptors (Lipinski definition) is 4. The van der Waals surface area contributed by atoms with Crippen LogP contribution < -0.4 is 5.43 Å². The van der Waals surface area contributed by atoms with E-state index in [-0.39, 0.29) is 12.3 Å². The molecule has 4 nitrogen and oxygen atoms in total. The zero-order chi connectivity index (χ0) is 15.4. The lowest BCUT2D eigenvalue weighted by molar-refractivity contribution is -0.120. The van der Waals surface area contributed by atoms with Crippen molar-refractivity contribution in [3.05, 3.63) is 50.5 Å².